The highest BCUT2D eigenvalue weighted by atomic mass is 32.2. The van der Waals surface area contributed by atoms with E-state index in [4.69, 9.17) is 14.2 Å². The molecule has 1 saturated heterocycles. The van der Waals surface area contributed by atoms with E-state index in [0.717, 1.165) is 12.3 Å². The fraction of sp³-hybridized carbons (Fsp3) is 0.708. The average molecular weight is 535 g/mol. The number of amides is 1. The van der Waals surface area contributed by atoms with Crippen molar-refractivity contribution in [3.63, 3.8) is 0 Å². The summed E-state index contributed by atoms with van der Waals surface area (Å²) in [6, 6.07) is 2.58. The number of hydrogen-bond acceptors (Lipinski definition) is 6. The Balaban J connectivity index is 1.55. The smallest absolute Gasteiger partial charge is 0.416 e. The van der Waals surface area contributed by atoms with Gasteiger partial charge in [-0.2, -0.15) is 13.2 Å². The van der Waals surface area contributed by atoms with Crippen molar-refractivity contribution in [3.8, 4) is 5.75 Å². The second-order valence-corrected chi connectivity index (χ2v) is 11.7. The molecule has 1 saturated carbocycles. The molecule has 4 bridgehead atoms. The van der Waals surface area contributed by atoms with Crippen LogP contribution < -0.4 is 9.46 Å². The third kappa shape index (κ3) is 6.63. The molecule has 1 aliphatic carbocycles. The van der Waals surface area contributed by atoms with Crippen molar-refractivity contribution in [2.45, 2.75) is 81.8 Å². The van der Waals surface area contributed by atoms with Gasteiger partial charge in [0, 0.05) is 18.5 Å². The number of benzene rings is 1. The molecule has 5 rings (SSSR count). The molecule has 0 spiro atoms. The van der Waals surface area contributed by atoms with Gasteiger partial charge in [-0.15, -0.1) is 0 Å². The van der Waals surface area contributed by atoms with Crippen LogP contribution in [0.3, 0.4) is 0 Å². The molecule has 3 aliphatic heterocycles. The normalized spacial score (nSPS) is 30.3. The summed E-state index contributed by atoms with van der Waals surface area (Å²) in [6.45, 7) is 2.07. The standard InChI is InChI=1S/C24H33F3N2O6S/c1-15-10-21(28-36(2,31)32)22-14-35-19-6-4-16(5-7-19)17-11-18(24(25,26)27)13-20(12-17)33-8-3-9-34-23(30)29(15)22/h11-13,15-16,19,21-22,28H,3-10,14H2,1-2H3/t15-,16?,19?,21+,22+/m1/s1. The average Bonchev–Trinajstić information content (AvgIpc) is 3.09. The lowest BCUT2D eigenvalue weighted by Crippen LogP contribution is -2.50. The molecule has 4 aliphatic rings. The second-order valence-electron chi connectivity index (χ2n) is 9.97. The van der Waals surface area contributed by atoms with E-state index in [1.54, 1.807) is 6.07 Å². The first-order chi connectivity index (χ1) is 16.9. The third-order valence-electron chi connectivity index (χ3n) is 7.16. The lowest BCUT2D eigenvalue weighted by molar-refractivity contribution is -0.137. The molecule has 8 nitrogen and oxygen atoms in total. The fourth-order valence-electron chi connectivity index (χ4n) is 5.46. The number of nitrogens with zero attached hydrogens (tertiary/aromatic N) is 1. The topological polar surface area (TPSA) is 94.2 Å². The molecular formula is C24H33F3N2O6S. The van der Waals surface area contributed by atoms with E-state index in [1.165, 1.54) is 11.0 Å². The SMILES string of the molecule is C[C@@H]1C[C@H](NS(C)(=O)=O)[C@@H]2COC3CCC(CC3)c3cc(cc(C(F)(F)F)c3)OCCCOC(=O)N12. The van der Waals surface area contributed by atoms with Gasteiger partial charge < -0.3 is 14.2 Å². The molecule has 1 aromatic rings. The molecule has 0 radical (unpaired) electrons. The van der Waals surface area contributed by atoms with E-state index < -0.39 is 39.9 Å². The number of hydrogen-bond donors (Lipinski definition) is 1. The zero-order chi connectivity index (χ0) is 26.1. The fourth-order valence-corrected chi connectivity index (χ4v) is 6.26. The summed E-state index contributed by atoms with van der Waals surface area (Å²) in [5.74, 6) is 0.106. The van der Waals surface area contributed by atoms with Crippen LogP contribution in [0.25, 0.3) is 0 Å². The Labute approximate surface area is 209 Å². The van der Waals surface area contributed by atoms with Gasteiger partial charge in [-0.3, -0.25) is 4.90 Å². The second kappa shape index (κ2) is 10.7. The van der Waals surface area contributed by atoms with Crippen LogP contribution in [0, 0.1) is 0 Å². The van der Waals surface area contributed by atoms with Crippen LogP contribution in [0.1, 0.15) is 62.5 Å². The maximum absolute atomic E-state index is 13.5. The number of carbonyl (C=O) groups is 1. The first kappa shape index (κ1) is 27.0. The number of ether oxygens (including phenoxy) is 3. The highest BCUT2D eigenvalue weighted by molar-refractivity contribution is 7.88. The number of nitrogens with one attached hydrogen (secondary N) is 1. The summed E-state index contributed by atoms with van der Waals surface area (Å²) in [7, 11) is -3.51. The number of fused-ring (bicyclic) bond motifs is 8. The minimum absolute atomic E-state index is 0.0108. The summed E-state index contributed by atoms with van der Waals surface area (Å²) in [6.07, 6.45) is -0.788. The Kier molecular flexibility index (Phi) is 8.06. The van der Waals surface area contributed by atoms with Crippen LogP contribution in [0.15, 0.2) is 18.2 Å². The van der Waals surface area contributed by atoms with Crippen molar-refractivity contribution in [1.82, 2.24) is 9.62 Å². The molecule has 1 aromatic carbocycles. The van der Waals surface area contributed by atoms with E-state index in [0.29, 0.717) is 37.7 Å². The molecule has 202 valence electrons. The van der Waals surface area contributed by atoms with Crippen molar-refractivity contribution >= 4 is 16.1 Å². The van der Waals surface area contributed by atoms with Crippen molar-refractivity contribution in [2.75, 3.05) is 26.1 Å². The lowest BCUT2D eigenvalue weighted by atomic mass is 9.82. The quantitative estimate of drug-likeness (QED) is 0.616. The highest BCUT2D eigenvalue weighted by Gasteiger charge is 2.44. The summed E-state index contributed by atoms with van der Waals surface area (Å²) in [5, 5.41) is 0. The highest BCUT2D eigenvalue weighted by Crippen LogP contribution is 2.40. The Morgan fingerprint density at radius 3 is 2.42 bits per heavy atom. The minimum Gasteiger partial charge on any atom is -0.493 e. The monoisotopic (exact) mass is 534 g/mol. The van der Waals surface area contributed by atoms with Crippen LogP contribution in [0.5, 0.6) is 5.75 Å². The molecule has 36 heavy (non-hydrogen) atoms. The van der Waals surface area contributed by atoms with Crippen molar-refractivity contribution < 1.29 is 40.6 Å². The zero-order valence-corrected chi connectivity index (χ0v) is 21.2. The molecule has 0 aromatic heterocycles. The van der Waals surface area contributed by atoms with Gasteiger partial charge in [-0.1, -0.05) is 0 Å². The Bertz CT molecular complexity index is 1040. The molecule has 2 fully saturated rings. The Morgan fingerprint density at radius 2 is 1.75 bits per heavy atom. The van der Waals surface area contributed by atoms with Crippen LogP contribution in [-0.4, -0.2) is 69.7 Å². The lowest BCUT2D eigenvalue weighted by Gasteiger charge is -2.33. The van der Waals surface area contributed by atoms with Gasteiger partial charge in [0.05, 0.1) is 43.8 Å². The number of rotatable bonds is 2. The van der Waals surface area contributed by atoms with E-state index in [2.05, 4.69) is 4.72 Å². The largest absolute Gasteiger partial charge is 0.493 e. The number of halogens is 3. The summed E-state index contributed by atoms with van der Waals surface area (Å²) < 4.78 is 84.2. The van der Waals surface area contributed by atoms with Crippen LogP contribution in [0.4, 0.5) is 18.0 Å². The van der Waals surface area contributed by atoms with Gasteiger partial charge in [-0.05, 0) is 68.7 Å². The minimum atomic E-state index is -4.48. The van der Waals surface area contributed by atoms with E-state index in [1.807, 2.05) is 6.92 Å². The van der Waals surface area contributed by atoms with Gasteiger partial charge >= 0.3 is 12.3 Å². The van der Waals surface area contributed by atoms with Crippen molar-refractivity contribution in [1.29, 1.82) is 0 Å². The van der Waals surface area contributed by atoms with Crippen LogP contribution >= 0.6 is 0 Å². The van der Waals surface area contributed by atoms with E-state index in [9.17, 15) is 26.4 Å². The first-order valence-electron chi connectivity index (χ1n) is 12.3. The number of sulfonamides is 1. The molecular weight excluding hydrogens is 501 g/mol. The van der Waals surface area contributed by atoms with Gasteiger partial charge in [0.15, 0.2) is 0 Å². The van der Waals surface area contributed by atoms with Gasteiger partial charge in [0.25, 0.3) is 0 Å². The molecule has 3 atom stereocenters. The Morgan fingerprint density at radius 1 is 1.06 bits per heavy atom. The first-order valence-corrected chi connectivity index (χ1v) is 14.2. The third-order valence-corrected chi connectivity index (χ3v) is 7.89. The molecule has 1 amide bonds. The predicted molar refractivity (Wildman–Crippen MR) is 125 cm³/mol. The molecule has 1 N–H and O–H groups in total. The summed E-state index contributed by atoms with van der Waals surface area (Å²) in [4.78, 5) is 14.5. The zero-order valence-electron chi connectivity index (χ0n) is 20.4. The number of carbonyl (C=O) groups excluding carboxylic acids is 1. The van der Waals surface area contributed by atoms with E-state index >= 15 is 0 Å². The van der Waals surface area contributed by atoms with Crippen molar-refractivity contribution in [3.05, 3.63) is 29.3 Å². The van der Waals surface area contributed by atoms with Crippen molar-refractivity contribution in [2.24, 2.45) is 0 Å². The van der Waals surface area contributed by atoms with Crippen LogP contribution in [-0.2, 0) is 25.7 Å². The van der Waals surface area contributed by atoms with Gasteiger partial charge in [0.2, 0.25) is 10.0 Å². The van der Waals surface area contributed by atoms with E-state index in [-0.39, 0.29) is 50.1 Å². The van der Waals surface area contributed by atoms with Gasteiger partial charge in [-0.25, -0.2) is 17.9 Å². The molecule has 12 heteroatoms. The predicted octanol–water partition coefficient (Wildman–Crippen LogP) is 4.05. The Hall–Kier alpha value is -2.05. The summed E-state index contributed by atoms with van der Waals surface area (Å²) in [5.41, 5.74) is -0.140. The van der Waals surface area contributed by atoms with Gasteiger partial charge in [0.1, 0.15) is 5.75 Å². The maximum Gasteiger partial charge on any atom is 0.416 e. The molecule has 3 heterocycles. The molecule has 0 unspecified atom stereocenters. The van der Waals surface area contributed by atoms with Crippen LogP contribution in [0.2, 0.25) is 0 Å². The number of alkyl halides is 3. The summed E-state index contributed by atoms with van der Waals surface area (Å²) >= 11 is 0. The maximum atomic E-state index is 13.5.